The number of hydrogen-bond donors (Lipinski definition) is 1. The van der Waals surface area contributed by atoms with E-state index in [-0.39, 0.29) is 17.5 Å². The molecule has 1 unspecified atom stereocenters. The molecular formula is C8H14N4O2S. The molecule has 7 heteroatoms. The number of rotatable bonds is 2. The van der Waals surface area contributed by atoms with Crippen LogP contribution in [0.15, 0.2) is 6.33 Å². The molecule has 0 aromatic carbocycles. The predicted molar refractivity (Wildman–Crippen MR) is 55.2 cm³/mol. The molecule has 1 aliphatic heterocycles. The molecule has 0 saturated carbocycles. The van der Waals surface area contributed by atoms with Crippen molar-refractivity contribution >= 4 is 9.84 Å². The quantitative estimate of drug-likeness (QED) is 0.686. The Balaban J connectivity index is 2.04. The topological polar surface area (TPSA) is 76.9 Å². The monoisotopic (exact) mass is 230 g/mol. The maximum Gasteiger partial charge on any atom is 0.153 e. The van der Waals surface area contributed by atoms with Gasteiger partial charge in [0.2, 0.25) is 0 Å². The van der Waals surface area contributed by atoms with Crippen molar-refractivity contribution in [3.63, 3.8) is 0 Å². The van der Waals surface area contributed by atoms with Gasteiger partial charge in [-0.05, 0) is 0 Å². The molecule has 1 aromatic heterocycles. The number of hydrogen-bond acceptors (Lipinski definition) is 5. The minimum absolute atomic E-state index is 0.0355. The van der Waals surface area contributed by atoms with Crippen LogP contribution in [0.25, 0.3) is 0 Å². The first-order valence-electron chi connectivity index (χ1n) is 4.83. The van der Waals surface area contributed by atoms with Crippen LogP contribution < -0.4 is 5.32 Å². The number of aromatic nitrogens is 3. The summed E-state index contributed by atoms with van der Waals surface area (Å²) in [6.07, 6.45) is 2.09. The highest BCUT2D eigenvalue weighted by Crippen LogP contribution is 2.06. The van der Waals surface area contributed by atoms with E-state index in [1.807, 2.05) is 0 Å². The molecule has 0 radical (unpaired) electrons. The average molecular weight is 230 g/mol. The SMILES string of the molecule is Cn1ncnc1CC1CS(=O)(=O)CCN1. The van der Waals surface area contributed by atoms with E-state index in [1.165, 1.54) is 6.33 Å². The predicted octanol–water partition coefficient (Wildman–Crippen LogP) is -1.26. The van der Waals surface area contributed by atoms with Crippen LogP contribution in [0.3, 0.4) is 0 Å². The van der Waals surface area contributed by atoms with Gasteiger partial charge in [-0.25, -0.2) is 13.4 Å². The minimum Gasteiger partial charge on any atom is -0.312 e. The van der Waals surface area contributed by atoms with Crippen LogP contribution in [-0.2, 0) is 23.3 Å². The zero-order chi connectivity index (χ0) is 10.9. The summed E-state index contributed by atoms with van der Waals surface area (Å²) < 4.78 is 24.5. The van der Waals surface area contributed by atoms with Crippen LogP contribution >= 0.6 is 0 Å². The highest BCUT2D eigenvalue weighted by molar-refractivity contribution is 7.91. The van der Waals surface area contributed by atoms with Gasteiger partial charge in [0.15, 0.2) is 9.84 Å². The summed E-state index contributed by atoms with van der Waals surface area (Å²) in [5, 5.41) is 7.13. The Bertz CT molecular complexity index is 439. The molecule has 0 amide bonds. The van der Waals surface area contributed by atoms with Crippen molar-refractivity contribution in [3.8, 4) is 0 Å². The van der Waals surface area contributed by atoms with Gasteiger partial charge in [0.25, 0.3) is 0 Å². The van der Waals surface area contributed by atoms with E-state index in [1.54, 1.807) is 11.7 Å². The van der Waals surface area contributed by atoms with Crippen molar-refractivity contribution < 1.29 is 8.42 Å². The number of nitrogens with one attached hydrogen (secondary N) is 1. The Morgan fingerprint density at radius 2 is 2.47 bits per heavy atom. The summed E-state index contributed by atoms with van der Waals surface area (Å²) in [5.74, 6) is 1.24. The Morgan fingerprint density at radius 1 is 1.67 bits per heavy atom. The number of aryl methyl sites for hydroxylation is 1. The van der Waals surface area contributed by atoms with E-state index in [4.69, 9.17) is 0 Å². The molecule has 0 aliphatic carbocycles. The third-order valence-electron chi connectivity index (χ3n) is 2.54. The third-order valence-corrected chi connectivity index (χ3v) is 4.27. The summed E-state index contributed by atoms with van der Waals surface area (Å²) in [6.45, 7) is 0.533. The summed E-state index contributed by atoms with van der Waals surface area (Å²) in [7, 11) is -1.06. The average Bonchev–Trinajstić information content (AvgIpc) is 2.50. The molecule has 1 N–H and O–H groups in total. The molecule has 0 bridgehead atoms. The van der Waals surface area contributed by atoms with Gasteiger partial charge in [0, 0.05) is 26.1 Å². The summed E-state index contributed by atoms with van der Waals surface area (Å²) in [4.78, 5) is 4.07. The van der Waals surface area contributed by atoms with Gasteiger partial charge in [-0.3, -0.25) is 4.68 Å². The van der Waals surface area contributed by atoms with Crippen LogP contribution in [0, 0.1) is 0 Å². The van der Waals surface area contributed by atoms with E-state index in [0.29, 0.717) is 13.0 Å². The first-order chi connectivity index (χ1) is 7.07. The molecule has 1 aromatic rings. The highest BCUT2D eigenvalue weighted by atomic mass is 32.2. The molecule has 2 heterocycles. The van der Waals surface area contributed by atoms with E-state index in [2.05, 4.69) is 15.4 Å². The second-order valence-corrected chi connectivity index (χ2v) is 6.00. The van der Waals surface area contributed by atoms with Gasteiger partial charge in [-0.2, -0.15) is 5.10 Å². The fourth-order valence-corrected chi connectivity index (χ4v) is 3.17. The van der Waals surface area contributed by atoms with E-state index < -0.39 is 9.84 Å². The van der Waals surface area contributed by atoms with Gasteiger partial charge < -0.3 is 5.32 Å². The van der Waals surface area contributed by atoms with Crippen molar-refractivity contribution in [2.75, 3.05) is 18.1 Å². The summed E-state index contributed by atoms with van der Waals surface area (Å²) in [6, 6.07) is -0.0355. The lowest BCUT2D eigenvalue weighted by molar-refractivity contribution is 0.500. The molecule has 2 rings (SSSR count). The van der Waals surface area contributed by atoms with Crippen molar-refractivity contribution in [2.45, 2.75) is 12.5 Å². The largest absolute Gasteiger partial charge is 0.312 e. The molecule has 15 heavy (non-hydrogen) atoms. The van der Waals surface area contributed by atoms with Gasteiger partial charge in [-0.1, -0.05) is 0 Å². The third kappa shape index (κ3) is 2.54. The van der Waals surface area contributed by atoms with Crippen molar-refractivity contribution in [2.24, 2.45) is 7.05 Å². The van der Waals surface area contributed by atoms with Crippen LogP contribution in [-0.4, -0.2) is 47.3 Å². The normalized spacial score (nSPS) is 25.3. The smallest absolute Gasteiger partial charge is 0.153 e. The fraction of sp³-hybridized carbons (Fsp3) is 0.750. The standard InChI is InChI=1S/C8H14N4O2S/c1-12-8(10-6-11-12)4-7-5-15(13,14)3-2-9-7/h6-7,9H,2-5H2,1H3. The number of sulfone groups is 1. The lowest BCUT2D eigenvalue weighted by atomic mass is 10.2. The van der Waals surface area contributed by atoms with Gasteiger partial charge in [0.1, 0.15) is 12.2 Å². The first-order valence-corrected chi connectivity index (χ1v) is 6.66. The lowest BCUT2D eigenvalue weighted by Crippen LogP contribution is -2.46. The maximum atomic E-state index is 11.4. The van der Waals surface area contributed by atoms with Crippen molar-refractivity contribution in [1.29, 1.82) is 0 Å². The molecular weight excluding hydrogens is 216 g/mol. The van der Waals surface area contributed by atoms with Gasteiger partial charge in [0.05, 0.1) is 11.5 Å². The van der Waals surface area contributed by atoms with Gasteiger partial charge >= 0.3 is 0 Å². The van der Waals surface area contributed by atoms with E-state index in [0.717, 1.165) is 5.82 Å². The zero-order valence-corrected chi connectivity index (χ0v) is 9.37. The molecule has 0 spiro atoms. The highest BCUT2D eigenvalue weighted by Gasteiger charge is 2.25. The molecule has 1 aliphatic rings. The Morgan fingerprint density at radius 3 is 3.07 bits per heavy atom. The van der Waals surface area contributed by atoms with Crippen molar-refractivity contribution in [3.05, 3.63) is 12.2 Å². The van der Waals surface area contributed by atoms with Crippen molar-refractivity contribution in [1.82, 2.24) is 20.1 Å². The molecule has 1 atom stereocenters. The van der Waals surface area contributed by atoms with Crippen LogP contribution in [0.5, 0.6) is 0 Å². The Labute approximate surface area is 88.6 Å². The van der Waals surface area contributed by atoms with Gasteiger partial charge in [-0.15, -0.1) is 0 Å². The van der Waals surface area contributed by atoms with Crippen LogP contribution in [0.4, 0.5) is 0 Å². The minimum atomic E-state index is -2.87. The fourth-order valence-electron chi connectivity index (χ4n) is 1.72. The lowest BCUT2D eigenvalue weighted by Gasteiger charge is -2.22. The van der Waals surface area contributed by atoms with Crippen LogP contribution in [0.1, 0.15) is 5.82 Å². The molecule has 6 nitrogen and oxygen atoms in total. The zero-order valence-electron chi connectivity index (χ0n) is 8.55. The Kier molecular flexibility index (Phi) is 2.74. The second-order valence-electron chi connectivity index (χ2n) is 3.77. The van der Waals surface area contributed by atoms with Crippen LogP contribution in [0.2, 0.25) is 0 Å². The summed E-state index contributed by atoms with van der Waals surface area (Å²) in [5.41, 5.74) is 0. The molecule has 1 fully saturated rings. The number of nitrogens with zero attached hydrogens (tertiary/aromatic N) is 3. The first kappa shape index (κ1) is 10.6. The maximum absolute atomic E-state index is 11.4. The second kappa shape index (κ2) is 3.90. The Hall–Kier alpha value is -0.950. The van der Waals surface area contributed by atoms with E-state index in [9.17, 15) is 8.42 Å². The van der Waals surface area contributed by atoms with E-state index >= 15 is 0 Å². The molecule has 84 valence electrons. The molecule has 1 saturated heterocycles. The summed E-state index contributed by atoms with van der Waals surface area (Å²) >= 11 is 0.